The number of nitrogens with two attached hydrogens (primary N) is 1. The molecule has 0 bridgehead atoms. The Morgan fingerprint density at radius 3 is 2.57 bits per heavy atom. The monoisotopic (exact) mass is 347 g/mol. The maximum atomic E-state index is 12.7. The predicted octanol–water partition coefficient (Wildman–Crippen LogP) is 1.41. The van der Waals surface area contributed by atoms with Crippen LogP contribution in [0.4, 0.5) is 0 Å². The molecule has 2 atom stereocenters. The van der Waals surface area contributed by atoms with Crippen LogP contribution in [0.1, 0.15) is 52.9 Å². The van der Waals surface area contributed by atoms with E-state index in [4.69, 9.17) is 5.73 Å². The minimum absolute atomic E-state index is 0.0523. The smallest absolute Gasteiger partial charge is 0.240 e. The Kier molecular flexibility index (Phi) is 7.97. The van der Waals surface area contributed by atoms with Crippen molar-refractivity contribution < 1.29 is 13.2 Å². The molecule has 0 aromatic heterocycles. The van der Waals surface area contributed by atoms with E-state index in [9.17, 15) is 13.2 Å². The largest absolute Gasteiger partial charge is 0.344 e. The van der Waals surface area contributed by atoms with Crippen molar-refractivity contribution in [3.8, 4) is 0 Å². The Hall–Kier alpha value is -0.660. The van der Waals surface area contributed by atoms with E-state index in [0.29, 0.717) is 31.8 Å². The molecular weight excluding hydrogens is 314 g/mol. The minimum atomic E-state index is -3.34. The van der Waals surface area contributed by atoms with Gasteiger partial charge in [-0.3, -0.25) is 4.79 Å². The number of hydrogen-bond donors (Lipinski definition) is 1. The lowest BCUT2D eigenvalue weighted by molar-refractivity contribution is -0.135. The fourth-order valence-electron chi connectivity index (χ4n) is 2.90. The minimum Gasteiger partial charge on any atom is -0.344 e. The van der Waals surface area contributed by atoms with E-state index in [2.05, 4.69) is 13.8 Å². The fourth-order valence-corrected chi connectivity index (χ4v) is 4.64. The van der Waals surface area contributed by atoms with Crippen molar-refractivity contribution >= 4 is 15.9 Å². The zero-order valence-electron chi connectivity index (χ0n) is 15.0. The normalized spacial score (nSPS) is 21.4. The van der Waals surface area contributed by atoms with E-state index in [0.717, 1.165) is 19.3 Å². The first-order valence-corrected chi connectivity index (χ1v) is 10.3. The number of piperidine rings is 1. The van der Waals surface area contributed by atoms with Crippen LogP contribution in [0.15, 0.2) is 0 Å². The molecule has 0 aromatic carbocycles. The van der Waals surface area contributed by atoms with E-state index in [-0.39, 0.29) is 17.7 Å². The van der Waals surface area contributed by atoms with Crippen LogP contribution in [-0.2, 0) is 14.8 Å². The Bertz CT molecular complexity index is 479. The van der Waals surface area contributed by atoms with Crippen LogP contribution in [-0.4, -0.2) is 61.5 Å². The molecule has 1 heterocycles. The van der Waals surface area contributed by atoms with E-state index < -0.39 is 16.1 Å². The molecule has 1 saturated heterocycles. The summed E-state index contributed by atoms with van der Waals surface area (Å²) in [6.45, 7) is 6.99. The summed E-state index contributed by atoms with van der Waals surface area (Å²) in [5.41, 5.74) is 6.04. The molecule has 136 valence electrons. The Morgan fingerprint density at radius 1 is 1.35 bits per heavy atom. The highest BCUT2D eigenvalue weighted by Gasteiger charge is 2.37. The van der Waals surface area contributed by atoms with Gasteiger partial charge >= 0.3 is 0 Å². The maximum Gasteiger partial charge on any atom is 0.240 e. The van der Waals surface area contributed by atoms with Gasteiger partial charge in [0.05, 0.1) is 5.75 Å². The van der Waals surface area contributed by atoms with Gasteiger partial charge in [-0.15, -0.1) is 0 Å². The Labute approximate surface area is 141 Å². The molecule has 0 spiro atoms. The summed E-state index contributed by atoms with van der Waals surface area (Å²) in [4.78, 5) is 14.4. The molecule has 2 unspecified atom stereocenters. The lowest BCUT2D eigenvalue weighted by atomic mass is 10.0. The lowest BCUT2D eigenvalue weighted by Crippen LogP contribution is -2.53. The molecule has 1 fully saturated rings. The highest BCUT2D eigenvalue weighted by Crippen LogP contribution is 2.23. The van der Waals surface area contributed by atoms with Gasteiger partial charge in [0.1, 0.15) is 6.04 Å². The number of carbonyl (C=O) groups excluding carboxylic acids is 1. The first kappa shape index (κ1) is 20.4. The third-order valence-corrected chi connectivity index (χ3v) is 6.66. The number of sulfonamides is 1. The number of nitrogens with zero attached hydrogens (tertiary/aromatic N) is 2. The molecule has 0 saturated carbocycles. The second-order valence-corrected chi connectivity index (χ2v) is 8.94. The van der Waals surface area contributed by atoms with Crippen molar-refractivity contribution in [1.82, 2.24) is 9.21 Å². The lowest BCUT2D eigenvalue weighted by Gasteiger charge is -2.36. The molecule has 6 nitrogen and oxygen atoms in total. The number of carbonyl (C=O) groups is 1. The van der Waals surface area contributed by atoms with Crippen molar-refractivity contribution in [1.29, 1.82) is 0 Å². The quantitative estimate of drug-likeness (QED) is 0.719. The molecule has 1 aliphatic heterocycles. The van der Waals surface area contributed by atoms with Crippen molar-refractivity contribution in [3.05, 3.63) is 0 Å². The van der Waals surface area contributed by atoms with Gasteiger partial charge < -0.3 is 10.6 Å². The summed E-state index contributed by atoms with van der Waals surface area (Å²) >= 11 is 0. The maximum absolute atomic E-state index is 12.7. The number of hydrogen-bond acceptors (Lipinski definition) is 4. The predicted molar refractivity (Wildman–Crippen MR) is 93.5 cm³/mol. The van der Waals surface area contributed by atoms with Crippen molar-refractivity contribution in [2.24, 2.45) is 11.7 Å². The third-order valence-electron chi connectivity index (χ3n) is 4.59. The topological polar surface area (TPSA) is 83.7 Å². The highest BCUT2D eigenvalue weighted by atomic mass is 32.2. The zero-order valence-corrected chi connectivity index (χ0v) is 15.8. The average molecular weight is 348 g/mol. The average Bonchev–Trinajstić information content (AvgIpc) is 2.51. The SMILES string of the molecule is CCCS(=O)(=O)N1CCCCC1C(=O)N(C)CCC(N)C(C)C. The highest BCUT2D eigenvalue weighted by molar-refractivity contribution is 7.89. The van der Waals surface area contributed by atoms with Gasteiger partial charge in [-0.2, -0.15) is 4.31 Å². The van der Waals surface area contributed by atoms with Gasteiger partial charge in [-0.05, 0) is 31.6 Å². The Morgan fingerprint density at radius 2 is 2.00 bits per heavy atom. The van der Waals surface area contributed by atoms with Crippen molar-refractivity contribution in [2.45, 2.75) is 65.0 Å². The van der Waals surface area contributed by atoms with Gasteiger partial charge in [-0.1, -0.05) is 27.2 Å². The van der Waals surface area contributed by atoms with Gasteiger partial charge in [0.25, 0.3) is 0 Å². The van der Waals surface area contributed by atoms with Crippen LogP contribution < -0.4 is 5.73 Å². The number of rotatable bonds is 8. The van der Waals surface area contributed by atoms with Crippen molar-refractivity contribution in [2.75, 3.05) is 25.9 Å². The van der Waals surface area contributed by atoms with Gasteiger partial charge in [0.15, 0.2) is 0 Å². The number of likely N-dealkylation sites (N-methyl/N-ethyl adjacent to an activating group) is 1. The standard InChI is InChI=1S/C16H33N3O3S/c1-5-12-23(21,22)19-10-7-6-8-15(19)16(20)18(4)11-9-14(17)13(2)3/h13-15H,5-12,17H2,1-4H3. The molecule has 7 heteroatoms. The third kappa shape index (κ3) is 5.72. The molecule has 0 aromatic rings. The Balaban J connectivity index is 2.74. The molecule has 1 aliphatic rings. The van der Waals surface area contributed by atoms with Crippen molar-refractivity contribution in [3.63, 3.8) is 0 Å². The van der Waals surface area contributed by atoms with Crippen LogP contribution >= 0.6 is 0 Å². The first-order valence-electron chi connectivity index (χ1n) is 8.70. The summed E-state index contributed by atoms with van der Waals surface area (Å²) < 4.78 is 26.3. The van der Waals surface area contributed by atoms with Crippen LogP contribution in [0, 0.1) is 5.92 Å². The summed E-state index contributed by atoms with van der Waals surface area (Å²) in [5.74, 6) is 0.383. The fraction of sp³-hybridized carbons (Fsp3) is 0.938. The molecular formula is C16H33N3O3S. The molecule has 2 N–H and O–H groups in total. The van der Waals surface area contributed by atoms with E-state index >= 15 is 0 Å². The second kappa shape index (κ2) is 8.99. The summed E-state index contributed by atoms with van der Waals surface area (Å²) in [7, 11) is -1.60. The zero-order chi connectivity index (χ0) is 17.6. The molecule has 1 rings (SSSR count). The summed E-state index contributed by atoms with van der Waals surface area (Å²) in [5, 5.41) is 0. The van der Waals surface area contributed by atoms with Gasteiger partial charge in [0.2, 0.25) is 15.9 Å². The molecule has 0 radical (unpaired) electrons. The van der Waals surface area contributed by atoms with Gasteiger partial charge in [-0.25, -0.2) is 8.42 Å². The van der Waals surface area contributed by atoms with Crippen LogP contribution in [0.3, 0.4) is 0 Å². The van der Waals surface area contributed by atoms with Gasteiger partial charge in [0, 0.05) is 26.2 Å². The molecule has 1 amide bonds. The number of amides is 1. The van der Waals surface area contributed by atoms with Crippen LogP contribution in [0.2, 0.25) is 0 Å². The van der Waals surface area contributed by atoms with E-state index in [1.165, 1.54) is 4.31 Å². The molecule has 23 heavy (non-hydrogen) atoms. The molecule has 0 aliphatic carbocycles. The second-order valence-electron chi connectivity index (χ2n) is 6.89. The summed E-state index contributed by atoms with van der Waals surface area (Å²) in [6, 6.07) is -0.489. The summed E-state index contributed by atoms with van der Waals surface area (Å²) in [6.07, 6.45) is 3.64. The van der Waals surface area contributed by atoms with Crippen LogP contribution in [0.25, 0.3) is 0 Å². The van der Waals surface area contributed by atoms with Crippen LogP contribution in [0.5, 0.6) is 0 Å². The van der Waals surface area contributed by atoms with E-state index in [1.807, 2.05) is 6.92 Å². The first-order chi connectivity index (χ1) is 10.7. The van der Waals surface area contributed by atoms with E-state index in [1.54, 1.807) is 11.9 Å².